The van der Waals surface area contributed by atoms with Gasteiger partial charge in [-0.3, -0.25) is 9.59 Å². The number of aromatic nitrogens is 3. The predicted molar refractivity (Wildman–Crippen MR) is 141 cm³/mol. The Hall–Kier alpha value is -3.66. The molecule has 1 N–H and O–H groups in total. The molecular formula is C27H37N5O5. The minimum Gasteiger partial charge on any atom is -0.493 e. The van der Waals surface area contributed by atoms with Crippen LogP contribution in [0.4, 0.5) is 0 Å². The van der Waals surface area contributed by atoms with Gasteiger partial charge in [0.05, 0.1) is 19.7 Å². The van der Waals surface area contributed by atoms with Crippen molar-refractivity contribution in [2.24, 2.45) is 0 Å². The Labute approximate surface area is 217 Å². The molecule has 0 unspecified atom stereocenters. The Kier molecular flexibility index (Phi) is 9.46. The second-order valence-electron chi connectivity index (χ2n) is 9.60. The van der Waals surface area contributed by atoms with Crippen LogP contribution < -0.4 is 14.8 Å². The average Bonchev–Trinajstić information content (AvgIpc) is 3.27. The van der Waals surface area contributed by atoms with Gasteiger partial charge in [-0.25, -0.2) is 4.68 Å². The van der Waals surface area contributed by atoms with E-state index in [2.05, 4.69) is 15.6 Å². The van der Waals surface area contributed by atoms with Crippen LogP contribution in [0, 0.1) is 0 Å². The van der Waals surface area contributed by atoms with Crippen LogP contribution in [0.5, 0.6) is 11.5 Å². The monoisotopic (exact) mass is 511 g/mol. The van der Waals surface area contributed by atoms with E-state index in [-0.39, 0.29) is 24.9 Å². The van der Waals surface area contributed by atoms with E-state index in [9.17, 15) is 9.59 Å². The first-order valence-corrected chi connectivity index (χ1v) is 12.4. The molecule has 0 radical (unpaired) electrons. The number of hydrogen-bond donors (Lipinski definition) is 1. The molecule has 10 nitrogen and oxygen atoms in total. The van der Waals surface area contributed by atoms with Crippen LogP contribution in [0.3, 0.4) is 0 Å². The highest BCUT2D eigenvalue weighted by Crippen LogP contribution is 2.37. The lowest BCUT2D eigenvalue weighted by Crippen LogP contribution is -2.50. The summed E-state index contributed by atoms with van der Waals surface area (Å²) in [5.41, 5.74) is 1.43. The number of ether oxygens (including phenoxy) is 3. The maximum Gasteiger partial charge on any atom is 0.247 e. The zero-order valence-electron chi connectivity index (χ0n) is 22.5. The fourth-order valence-corrected chi connectivity index (χ4v) is 4.15. The molecule has 0 aliphatic rings. The number of hydrogen-bond acceptors (Lipinski definition) is 7. The Morgan fingerprint density at radius 2 is 1.84 bits per heavy atom. The van der Waals surface area contributed by atoms with Gasteiger partial charge in [-0.2, -0.15) is 0 Å². The fraction of sp³-hybridized carbons (Fsp3) is 0.481. The van der Waals surface area contributed by atoms with Crippen molar-refractivity contribution in [2.75, 3.05) is 34.0 Å². The lowest BCUT2D eigenvalue weighted by molar-refractivity contribution is -0.142. The van der Waals surface area contributed by atoms with Crippen molar-refractivity contribution in [1.29, 1.82) is 0 Å². The van der Waals surface area contributed by atoms with E-state index < -0.39 is 11.6 Å². The van der Waals surface area contributed by atoms with Crippen LogP contribution in [0.15, 0.2) is 42.5 Å². The van der Waals surface area contributed by atoms with Crippen LogP contribution in [-0.2, 0) is 20.9 Å². The smallest absolute Gasteiger partial charge is 0.247 e. The summed E-state index contributed by atoms with van der Waals surface area (Å²) in [6, 6.07) is 11.8. The van der Waals surface area contributed by atoms with Crippen molar-refractivity contribution in [3.05, 3.63) is 48.0 Å². The van der Waals surface area contributed by atoms with Gasteiger partial charge >= 0.3 is 0 Å². The summed E-state index contributed by atoms with van der Waals surface area (Å²) >= 11 is 0. The molecule has 0 bridgehead atoms. The molecular weight excluding hydrogens is 474 g/mol. The summed E-state index contributed by atoms with van der Waals surface area (Å²) in [6.45, 7) is 8.83. The highest BCUT2D eigenvalue weighted by Gasteiger charge is 2.36. The van der Waals surface area contributed by atoms with Gasteiger partial charge in [-0.05, 0) is 52.3 Å². The maximum atomic E-state index is 13.9. The second kappa shape index (κ2) is 12.5. The summed E-state index contributed by atoms with van der Waals surface area (Å²) in [5, 5.41) is 11.4. The molecule has 200 valence electrons. The molecule has 0 fully saturated rings. The van der Waals surface area contributed by atoms with E-state index in [4.69, 9.17) is 14.2 Å². The van der Waals surface area contributed by atoms with E-state index in [1.807, 2.05) is 52.0 Å². The zero-order valence-corrected chi connectivity index (χ0v) is 22.5. The minimum absolute atomic E-state index is 0.0826. The molecule has 2 amide bonds. The molecule has 10 heteroatoms. The van der Waals surface area contributed by atoms with Crippen LogP contribution >= 0.6 is 0 Å². The Morgan fingerprint density at radius 1 is 1.08 bits per heavy atom. The van der Waals surface area contributed by atoms with Crippen LogP contribution in [0.25, 0.3) is 11.0 Å². The van der Waals surface area contributed by atoms with Gasteiger partial charge in [0.2, 0.25) is 11.8 Å². The van der Waals surface area contributed by atoms with Crippen LogP contribution in [-0.4, -0.2) is 71.2 Å². The van der Waals surface area contributed by atoms with Gasteiger partial charge in [0.25, 0.3) is 0 Å². The Morgan fingerprint density at radius 3 is 2.51 bits per heavy atom. The quantitative estimate of drug-likeness (QED) is 0.372. The van der Waals surface area contributed by atoms with E-state index in [1.165, 1.54) is 14.2 Å². The summed E-state index contributed by atoms with van der Waals surface area (Å²) in [5.74, 6) is 0.253. The summed E-state index contributed by atoms with van der Waals surface area (Å²) in [4.78, 5) is 29.3. The number of carbonyl (C=O) groups excluding carboxylic acids is 2. The first-order valence-electron chi connectivity index (χ1n) is 12.4. The molecule has 1 heterocycles. The number of nitrogens with zero attached hydrogens (tertiary/aromatic N) is 4. The zero-order chi connectivity index (χ0) is 27.0. The average molecular weight is 512 g/mol. The second-order valence-corrected chi connectivity index (χ2v) is 9.60. The number of fused-ring (bicyclic) bond motifs is 1. The molecule has 0 spiro atoms. The number of amides is 2. The molecule has 0 saturated carbocycles. The molecule has 2 aromatic carbocycles. The topological polar surface area (TPSA) is 108 Å². The SMILES string of the molecule is CCOCCCN(C(=O)Cn1nnc2ccccc21)[C@H](C(=O)NC(C)(C)C)c1cccc(OC)c1OC. The Balaban J connectivity index is 2.07. The van der Waals surface area contributed by atoms with Crippen molar-refractivity contribution in [2.45, 2.75) is 52.2 Å². The van der Waals surface area contributed by atoms with Crippen molar-refractivity contribution in [3.63, 3.8) is 0 Å². The number of rotatable bonds is 12. The number of carbonyl (C=O) groups is 2. The Bertz CT molecular complexity index is 1200. The lowest BCUT2D eigenvalue weighted by atomic mass is 9.99. The lowest BCUT2D eigenvalue weighted by Gasteiger charge is -2.34. The minimum atomic E-state index is -0.979. The van der Waals surface area contributed by atoms with E-state index in [0.717, 1.165) is 5.52 Å². The predicted octanol–water partition coefficient (Wildman–Crippen LogP) is 3.36. The molecule has 0 saturated heterocycles. The summed E-state index contributed by atoms with van der Waals surface area (Å²) < 4.78 is 18.2. The van der Waals surface area contributed by atoms with Gasteiger partial charge in [0, 0.05) is 30.9 Å². The third-order valence-corrected chi connectivity index (χ3v) is 5.70. The van der Waals surface area contributed by atoms with Crippen LogP contribution in [0.1, 0.15) is 45.7 Å². The fourth-order valence-electron chi connectivity index (χ4n) is 4.15. The number of benzene rings is 2. The van der Waals surface area contributed by atoms with Crippen molar-refractivity contribution >= 4 is 22.8 Å². The maximum absolute atomic E-state index is 13.9. The summed E-state index contributed by atoms with van der Waals surface area (Å²) in [7, 11) is 3.05. The van der Waals surface area contributed by atoms with Crippen LogP contribution in [0.2, 0.25) is 0 Å². The number of nitrogens with one attached hydrogen (secondary N) is 1. The highest BCUT2D eigenvalue weighted by molar-refractivity contribution is 5.90. The molecule has 3 rings (SSSR count). The molecule has 0 aliphatic heterocycles. The van der Waals surface area contributed by atoms with Gasteiger partial charge in [0.1, 0.15) is 18.1 Å². The van der Waals surface area contributed by atoms with Gasteiger partial charge in [-0.15, -0.1) is 5.10 Å². The largest absolute Gasteiger partial charge is 0.493 e. The van der Waals surface area contributed by atoms with Gasteiger partial charge in [0.15, 0.2) is 11.5 Å². The molecule has 37 heavy (non-hydrogen) atoms. The molecule has 3 aromatic rings. The van der Waals surface area contributed by atoms with Crippen molar-refractivity contribution in [1.82, 2.24) is 25.2 Å². The summed E-state index contributed by atoms with van der Waals surface area (Å²) in [6.07, 6.45) is 0.545. The first-order chi connectivity index (χ1) is 17.7. The van der Waals surface area contributed by atoms with Gasteiger partial charge < -0.3 is 24.4 Å². The number of methoxy groups -OCH3 is 2. The van der Waals surface area contributed by atoms with E-state index >= 15 is 0 Å². The first kappa shape index (κ1) is 27.9. The third kappa shape index (κ3) is 6.97. The number of para-hydroxylation sites is 2. The van der Waals surface area contributed by atoms with Gasteiger partial charge in [-0.1, -0.05) is 29.5 Å². The van der Waals surface area contributed by atoms with Crippen molar-refractivity contribution < 1.29 is 23.8 Å². The standard InChI is InChI=1S/C27H37N5O5/c1-7-37-17-11-16-31(23(33)18-32-21-14-9-8-13-20(21)29-30-32)24(26(34)28-27(2,3)4)19-12-10-15-22(35-5)25(19)36-6/h8-10,12-15,24H,7,11,16-18H2,1-6H3,(H,28,34)/t24-/m0/s1. The highest BCUT2D eigenvalue weighted by atomic mass is 16.5. The van der Waals surface area contributed by atoms with E-state index in [1.54, 1.807) is 27.8 Å². The third-order valence-electron chi connectivity index (χ3n) is 5.70. The normalized spacial score (nSPS) is 12.3. The van der Waals surface area contributed by atoms with Crippen molar-refractivity contribution in [3.8, 4) is 11.5 Å². The molecule has 1 aromatic heterocycles. The molecule has 1 atom stereocenters. The van der Waals surface area contributed by atoms with E-state index in [0.29, 0.717) is 42.2 Å². The molecule has 0 aliphatic carbocycles.